The summed E-state index contributed by atoms with van der Waals surface area (Å²) in [7, 11) is 1.66. The summed E-state index contributed by atoms with van der Waals surface area (Å²) in [6, 6.07) is 0. The first-order chi connectivity index (χ1) is 5.24. The molecule has 64 valence electrons. The summed E-state index contributed by atoms with van der Waals surface area (Å²) in [5.74, 6) is 2.51. The molecule has 2 heteroatoms. The van der Waals surface area contributed by atoms with Gasteiger partial charge in [0.25, 0.3) is 0 Å². The van der Waals surface area contributed by atoms with Gasteiger partial charge in [-0.2, -0.15) is 0 Å². The van der Waals surface area contributed by atoms with E-state index in [-0.39, 0.29) is 12.2 Å². The Hall–Kier alpha value is -0.520. The van der Waals surface area contributed by atoms with E-state index in [0.717, 1.165) is 6.42 Å². The Kier molecular flexibility index (Phi) is 5.91. The van der Waals surface area contributed by atoms with Gasteiger partial charge in [0, 0.05) is 7.11 Å². The number of hydrogen-bond acceptors (Lipinski definition) is 2. The van der Waals surface area contributed by atoms with E-state index in [0.29, 0.717) is 6.61 Å². The van der Waals surface area contributed by atoms with Gasteiger partial charge >= 0.3 is 0 Å². The highest BCUT2D eigenvalue weighted by molar-refractivity contribution is 4.92. The molecule has 2 atom stereocenters. The highest BCUT2D eigenvalue weighted by Gasteiger charge is 2.08. The molecule has 0 rings (SSSR count). The van der Waals surface area contributed by atoms with Crippen molar-refractivity contribution >= 4 is 0 Å². The molecular formula is C9H16O2. The van der Waals surface area contributed by atoms with Crippen molar-refractivity contribution in [1.29, 1.82) is 0 Å². The SMILES string of the molecule is C#CC(C)OC(CC)COC. The molecule has 0 aliphatic heterocycles. The van der Waals surface area contributed by atoms with Crippen LogP contribution in [0.3, 0.4) is 0 Å². The molecule has 0 aromatic rings. The molecule has 0 spiro atoms. The first-order valence-electron chi connectivity index (χ1n) is 3.85. The predicted molar refractivity (Wildman–Crippen MR) is 45.3 cm³/mol. The van der Waals surface area contributed by atoms with Gasteiger partial charge in [0.1, 0.15) is 6.10 Å². The van der Waals surface area contributed by atoms with Gasteiger partial charge in [0.15, 0.2) is 0 Å². The van der Waals surface area contributed by atoms with Crippen LogP contribution in [0.1, 0.15) is 20.3 Å². The first-order valence-corrected chi connectivity index (χ1v) is 3.85. The molecule has 0 aromatic heterocycles. The Labute approximate surface area is 68.9 Å². The van der Waals surface area contributed by atoms with Crippen molar-refractivity contribution in [1.82, 2.24) is 0 Å². The molecule has 11 heavy (non-hydrogen) atoms. The van der Waals surface area contributed by atoms with E-state index in [1.165, 1.54) is 0 Å². The second kappa shape index (κ2) is 6.21. The maximum atomic E-state index is 5.43. The van der Waals surface area contributed by atoms with Crippen molar-refractivity contribution in [3.05, 3.63) is 0 Å². The molecule has 0 fully saturated rings. The predicted octanol–water partition coefficient (Wildman–Crippen LogP) is 1.45. The highest BCUT2D eigenvalue weighted by Crippen LogP contribution is 2.01. The van der Waals surface area contributed by atoms with Gasteiger partial charge in [0.2, 0.25) is 0 Å². The highest BCUT2D eigenvalue weighted by atomic mass is 16.5. The van der Waals surface area contributed by atoms with Crippen molar-refractivity contribution in [2.75, 3.05) is 13.7 Å². The van der Waals surface area contributed by atoms with Crippen LogP contribution in [0.2, 0.25) is 0 Å². The lowest BCUT2D eigenvalue weighted by Gasteiger charge is -2.16. The van der Waals surface area contributed by atoms with E-state index in [4.69, 9.17) is 15.9 Å². The van der Waals surface area contributed by atoms with Crippen LogP contribution in [0.4, 0.5) is 0 Å². The topological polar surface area (TPSA) is 18.5 Å². The zero-order chi connectivity index (χ0) is 8.69. The second-order valence-corrected chi connectivity index (χ2v) is 2.43. The van der Waals surface area contributed by atoms with E-state index in [1.54, 1.807) is 7.11 Å². The molecule has 0 saturated carbocycles. The summed E-state index contributed by atoms with van der Waals surface area (Å²) >= 11 is 0. The lowest BCUT2D eigenvalue weighted by atomic mass is 10.3. The summed E-state index contributed by atoms with van der Waals surface area (Å²) in [6.45, 7) is 4.52. The Bertz CT molecular complexity index is 126. The zero-order valence-corrected chi connectivity index (χ0v) is 7.46. The molecule has 0 aliphatic rings. The number of ether oxygens (including phenoxy) is 2. The van der Waals surface area contributed by atoms with Gasteiger partial charge in [-0.05, 0) is 13.3 Å². The van der Waals surface area contributed by atoms with Crippen LogP contribution in [0.15, 0.2) is 0 Å². The number of terminal acetylenes is 1. The fourth-order valence-electron chi connectivity index (χ4n) is 0.767. The molecule has 0 aromatic carbocycles. The maximum Gasteiger partial charge on any atom is 0.115 e. The quantitative estimate of drug-likeness (QED) is 0.561. The standard InChI is InChI=1S/C9H16O2/c1-5-8(3)11-9(6-2)7-10-4/h1,8-9H,6-7H2,2-4H3. The number of methoxy groups -OCH3 is 1. The molecule has 0 saturated heterocycles. The zero-order valence-electron chi connectivity index (χ0n) is 7.46. The van der Waals surface area contributed by atoms with E-state index < -0.39 is 0 Å². The molecule has 0 heterocycles. The molecule has 0 aliphatic carbocycles. The lowest BCUT2D eigenvalue weighted by molar-refractivity contribution is -0.0213. The Morgan fingerprint density at radius 1 is 1.55 bits per heavy atom. The summed E-state index contributed by atoms with van der Waals surface area (Å²) < 4.78 is 10.4. The van der Waals surface area contributed by atoms with Crippen molar-refractivity contribution < 1.29 is 9.47 Å². The summed E-state index contributed by atoms with van der Waals surface area (Å²) in [5.41, 5.74) is 0. The van der Waals surface area contributed by atoms with Crippen molar-refractivity contribution in [3.8, 4) is 12.3 Å². The molecule has 0 N–H and O–H groups in total. The van der Waals surface area contributed by atoms with Gasteiger partial charge in [-0.3, -0.25) is 0 Å². The third kappa shape index (κ3) is 4.83. The largest absolute Gasteiger partial charge is 0.382 e. The number of hydrogen-bond donors (Lipinski definition) is 0. The van der Waals surface area contributed by atoms with Crippen LogP contribution in [-0.4, -0.2) is 25.9 Å². The minimum atomic E-state index is -0.116. The Morgan fingerprint density at radius 2 is 2.18 bits per heavy atom. The average Bonchev–Trinajstić information content (AvgIpc) is 2.03. The second-order valence-electron chi connectivity index (χ2n) is 2.43. The van der Waals surface area contributed by atoms with Crippen LogP contribution >= 0.6 is 0 Å². The lowest BCUT2D eigenvalue weighted by Crippen LogP contribution is -2.22. The number of rotatable bonds is 5. The Morgan fingerprint density at radius 3 is 2.55 bits per heavy atom. The summed E-state index contributed by atoms with van der Waals surface area (Å²) in [6.07, 6.45) is 6.10. The third-order valence-electron chi connectivity index (χ3n) is 1.44. The molecule has 2 unspecified atom stereocenters. The van der Waals surface area contributed by atoms with E-state index in [2.05, 4.69) is 5.92 Å². The van der Waals surface area contributed by atoms with Crippen LogP contribution < -0.4 is 0 Å². The van der Waals surface area contributed by atoms with E-state index in [9.17, 15) is 0 Å². The van der Waals surface area contributed by atoms with Gasteiger partial charge in [-0.25, -0.2) is 0 Å². The fraction of sp³-hybridized carbons (Fsp3) is 0.778. The van der Waals surface area contributed by atoms with Gasteiger partial charge in [-0.15, -0.1) is 6.42 Å². The Balaban J connectivity index is 3.60. The van der Waals surface area contributed by atoms with Crippen LogP contribution in [0.5, 0.6) is 0 Å². The third-order valence-corrected chi connectivity index (χ3v) is 1.44. The van der Waals surface area contributed by atoms with Gasteiger partial charge in [0.05, 0.1) is 12.7 Å². The van der Waals surface area contributed by atoms with Gasteiger partial charge < -0.3 is 9.47 Å². The molecule has 2 nitrogen and oxygen atoms in total. The average molecular weight is 156 g/mol. The van der Waals surface area contributed by atoms with E-state index in [1.807, 2.05) is 13.8 Å². The summed E-state index contributed by atoms with van der Waals surface area (Å²) in [4.78, 5) is 0. The first kappa shape index (κ1) is 10.5. The normalized spacial score (nSPS) is 15.5. The van der Waals surface area contributed by atoms with Crippen LogP contribution in [0.25, 0.3) is 0 Å². The van der Waals surface area contributed by atoms with E-state index >= 15 is 0 Å². The van der Waals surface area contributed by atoms with Crippen LogP contribution in [0, 0.1) is 12.3 Å². The molecular weight excluding hydrogens is 140 g/mol. The fourth-order valence-corrected chi connectivity index (χ4v) is 0.767. The molecule has 0 bridgehead atoms. The molecule has 0 radical (unpaired) electrons. The maximum absolute atomic E-state index is 5.43. The smallest absolute Gasteiger partial charge is 0.115 e. The van der Waals surface area contributed by atoms with Crippen molar-refractivity contribution in [3.63, 3.8) is 0 Å². The minimum absolute atomic E-state index is 0.116. The van der Waals surface area contributed by atoms with Gasteiger partial charge in [-0.1, -0.05) is 12.8 Å². The summed E-state index contributed by atoms with van der Waals surface area (Å²) in [5, 5.41) is 0. The van der Waals surface area contributed by atoms with Crippen molar-refractivity contribution in [2.45, 2.75) is 32.5 Å². The van der Waals surface area contributed by atoms with Crippen molar-refractivity contribution in [2.24, 2.45) is 0 Å². The monoisotopic (exact) mass is 156 g/mol. The van der Waals surface area contributed by atoms with Crippen LogP contribution in [-0.2, 0) is 9.47 Å². The molecule has 0 amide bonds. The minimum Gasteiger partial charge on any atom is -0.382 e.